The third kappa shape index (κ3) is 4.12. The van der Waals surface area contributed by atoms with E-state index in [1.54, 1.807) is 0 Å². The van der Waals surface area contributed by atoms with E-state index < -0.39 is 0 Å². The van der Waals surface area contributed by atoms with E-state index in [0.29, 0.717) is 38.0 Å². The molecule has 3 heterocycles. The van der Waals surface area contributed by atoms with E-state index in [2.05, 4.69) is 26.9 Å². The highest BCUT2D eigenvalue weighted by Gasteiger charge is 2.28. The van der Waals surface area contributed by atoms with Crippen LogP contribution in [0.15, 0.2) is 4.52 Å². The predicted octanol–water partition coefficient (Wildman–Crippen LogP) is 0.304. The van der Waals surface area contributed by atoms with Gasteiger partial charge in [0.15, 0.2) is 5.82 Å². The molecule has 0 spiro atoms. The fourth-order valence-corrected chi connectivity index (χ4v) is 3.28. The van der Waals surface area contributed by atoms with Crippen LogP contribution in [0.2, 0.25) is 0 Å². The van der Waals surface area contributed by atoms with E-state index in [-0.39, 0.29) is 18.1 Å². The topological polar surface area (TPSA) is 74.9 Å². The Kier molecular flexibility index (Phi) is 5.47. The van der Waals surface area contributed by atoms with Gasteiger partial charge in [0.1, 0.15) is 0 Å². The lowest BCUT2D eigenvalue weighted by molar-refractivity contribution is -0.139. The van der Waals surface area contributed by atoms with Crippen LogP contribution in [-0.2, 0) is 9.53 Å². The van der Waals surface area contributed by atoms with Crippen LogP contribution in [0, 0.1) is 6.92 Å². The number of carbonyl (C=O) groups excluding carboxylic acids is 1. The maximum absolute atomic E-state index is 12.4. The summed E-state index contributed by atoms with van der Waals surface area (Å²) in [6, 6.07) is 0.115. The number of morpholine rings is 1. The molecule has 3 rings (SSSR count). The Morgan fingerprint density at radius 2 is 2.04 bits per heavy atom. The third-order valence-corrected chi connectivity index (χ3v) is 4.81. The average molecular weight is 337 g/mol. The van der Waals surface area contributed by atoms with Gasteiger partial charge < -0.3 is 14.2 Å². The van der Waals surface area contributed by atoms with Crippen LogP contribution in [0.5, 0.6) is 0 Å². The molecular formula is C16H27N5O3. The second kappa shape index (κ2) is 7.58. The molecule has 8 heteroatoms. The number of rotatable bonds is 4. The molecule has 24 heavy (non-hydrogen) atoms. The summed E-state index contributed by atoms with van der Waals surface area (Å²) in [4.78, 5) is 23.2. The molecule has 2 aliphatic rings. The van der Waals surface area contributed by atoms with Crippen molar-refractivity contribution in [1.29, 1.82) is 0 Å². The van der Waals surface area contributed by atoms with Gasteiger partial charge >= 0.3 is 0 Å². The number of ether oxygens (including phenoxy) is 1. The molecule has 2 saturated heterocycles. The van der Waals surface area contributed by atoms with Gasteiger partial charge in [0.2, 0.25) is 11.8 Å². The number of aryl methyl sites for hydroxylation is 1. The molecule has 0 aliphatic carbocycles. The fourth-order valence-electron chi connectivity index (χ4n) is 3.28. The number of hydrogen-bond acceptors (Lipinski definition) is 7. The summed E-state index contributed by atoms with van der Waals surface area (Å²) in [6.45, 7) is 12.0. The van der Waals surface area contributed by atoms with Gasteiger partial charge in [-0.2, -0.15) is 4.98 Å². The number of amides is 1. The minimum absolute atomic E-state index is 0.115. The Morgan fingerprint density at radius 1 is 1.29 bits per heavy atom. The molecule has 2 fully saturated rings. The highest BCUT2D eigenvalue weighted by molar-refractivity contribution is 5.78. The van der Waals surface area contributed by atoms with Gasteiger partial charge in [-0.3, -0.25) is 14.6 Å². The first-order chi connectivity index (χ1) is 11.5. The molecule has 0 radical (unpaired) electrons. The molecule has 2 atom stereocenters. The fraction of sp³-hybridized carbons (Fsp3) is 0.812. The first-order valence-corrected chi connectivity index (χ1v) is 8.69. The minimum Gasteiger partial charge on any atom is -0.375 e. The standard InChI is InChI=1S/C16H27N5O3/c1-12-10-21(8-9-23-12)15(22)11-19-4-6-20(7-5-19)13(2)16-17-14(3)18-24-16/h12-13H,4-11H2,1-3H3/t12-,13-/m0/s1. The van der Waals surface area contributed by atoms with Crippen molar-refractivity contribution in [3.05, 3.63) is 11.7 Å². The quantitative estimate of drug-likeness (QED) is 0.782. The SMILES string of the molecule is Cc1noc([C@H](C)N2CCN(CC(=O)N3CCO[C@@H](C)C3)CC2)n1. The summed E-state index contributed by atoms with van der Waals surface area (Å²) in [5.74, 6) is 1.54. The summed E-state index contributed by atoms with van der Waals surface area (Å²) in [5, 5.41) is 3.86. The maximum Gasteiger partial charge on any atom is 0.243 e. The summed E-state index contributed by atoms with van der Waals surface area (Å²) >= 11 is 0. The highest BCUT2D eigenvalue weighted by atomic mass is 16.5. The molecule has 0 aromatic carbocycles. The van der Waals surface area contributed by atoms with Gasteiger partial charge in [-0.25, -0.2) is 0 Å². The van der Waals surface area contributed by atoms with E-state index >= 15 is 0 Å². The van der Waals surface area contributed by atoms with Gasteiger partial charge in [-0.05, 0) is 20.8 Å². The minimum atomic E-state index is 0.115. The first-order valence-electron chi connectivity index (χ1n) is 8.69. The van der Waals surface area contributed by atoms with Crippen molar-refractivity contribution in [1.82, 2.24) is 24.8 Å². The second-order valence-corrected chi connectivity index (χ2v) is 6.69. The Morgan fingerprint density at radius 3 is 2.67 bits per heavy atom. The molecular weight excluding hydrogens is 310 g/mol. The van der Waals surface area contributed by atoms with E-state index in [0.717, 1.165) is 26.2 Å². The molecule has 0 N–H and O–H groups in total. The van der Waals surface area contributed by atoms with Gasteiger partial charge in [0.25, 0.3) is 0 Å². The molecule has 1 aromatic rings. The van der Waals surface area contributed by atoms with E-state index in [9.17, 15) is 4.79 Å². The highest BCUT2D eigenvalue weighted by Crippen LogP contribution is 2.20. The Hall–Kier alpha value is -1.51. The van der Waals surface area contributed by atoms with Gasteiger partial charge in [-0.15, -0.1) is 0 Å². The average Bonchev–Trinajstić information content (AvgIpc) is 3.01. The van der Waals surface area contributed by atoms with Gasteiger partial charge in [0.05, 0.1) is 25.3 Å². The summed E-state index contributed by atoms with van der Waals surface area (Å²) in [5.41, 5.74) is 0. The van der Waals surface area contributed by atoms with Crippen LogP contribution >= 0.6 is 0 Å². The Balaban J connectivity index is 1.45. The lowest BCUT2D eigenvalue weighted by atomic mass is 10.2. The number of aromatic nitrogens is 2. The number of carbonyl (C=O) groups is 1. The molecule has 0 bridgehead atoms. The molecule has 1 amide bonds. The van der Waals surface area contributed by atoms with Crippen LogP contribution in [0.1, 0.15) is 31.6 Å². The van der Waals surface area contributed by atoms with Crippen molar-refractivity contribution >= 4 is 5.91 Å². The van der Waals surface area contributed by atoms with Crippen LogP contribution in [0.25, 0.3) is 0 Å². The van der Waals surface area contributed by atoms with Crippen molar-refractivity contribution in [2.75, 3.05) is 52.4 Å². The number of piperazine rings is 1. The monoisotopic (exact) mass is 337 g/mol. The van der Waals surface area contributed by atoms with Crippen molar-refractivity contribution in [2.45, 2.75) is 32.9 Å². The maximum atomic E-state index is 12.4. The van der Waals surface area contributed by atoms with Crippen molar-refractivity contribution in [2.24, 2.45) is 0 Å². The predicted molar refractivity (Wildman–Crippen MR) is 87.5 cm³/mol. The zero-order chi connectivity index (χ0) is 17.1. The van der Waals surface area contributed by atoms with Crippen LogP contribution in [0.3, 0.4) is 0 Å². The normalized spacial score (nSPS) is 25.0. The van der Waals surface area contributed by atoms with E-state index in [1.807, 2.05) is 18.7 Å². The molecule has 0 unspecified atom stereocenters. The largest absolute Gasteiger partial charge is 0.375 e. The lowest BCUT2D eigenvalue weighted by Gasteiger charge is -2.38. The van der Waals surface area contributed by atoms with E-state index in [4.69, 9.17) is 9.26 Å². The lowest BCUT2D eigenvalue weighted by Crippen LogP contribution is -2.52. The third-order valence-electron chi connectivity index (χ3n) is 4.81. The summed E-state index contributed by atoms with van der Waals surface area (Å²) in [7, 11) is 0. The molecule has 0 saturated carbocycles. The molecule has 8 nitrogen and oxygen atoms in total. The van der Waals surface area contributed by atoms with Crippen LogP contribution in [0.4, 0.5) is 0 Å². The Bertz CT molecular complexity index is 556. The number of hydrogen-bond donors (Lipinski definition) is 0. The molecule has 134 valence electrons. The molecule has 1 aromatic heterocycles. The Labute approximate surface area is 142 Å². The summed E-state index contributed by atoms with van der Waals surface area (Å²) in [6.07, 6.45) is 0.137. The van der Waals surface area contributed by atoms with Gasteiger partial charge in [-0.1, -0.05) is 5.16 Å². The zero-order valence-electron chi connectivity index (χ0n) is 14.8. The zero-order valence-corrected chi connectivity index (χ0v) is 14.8. The summed E-state index contributed by atoms with van der Waals surface area (Å²) < 4.78 is 10.8. The van der Waals surface area contributed by atoms with Crippen molar-refractivity contribution in [3.8, 4) is 0 Å². The smallest absolute Gasteiger partial charge is 0.243 e. The van der Waals surface area contributed by atoms with E-state index in [1.165, 1.54) is 0 Å². The van der Waals surface area contributed by atoms with Gasteiger partial charge in [0, 0.05) is 39.3 Å². The number of nitrogens with zero attached hydrogens (tertiary/aromatic N) is 5. The first kappa shape index (κ1) is 17.3. The van der Waals surface area contributed by atoms with Crippen LogP contribution < -0.4 is 0 Å². The molecule has 2 aliphatic heterocycles. The van der Waals surface area contributed by atoms with Crippen LogP contribution in [-0.4, -0.2) is 89.3 Å². The van der Waals surface area contributed by atoms with Crippen molar-refractivity contribution in [3.63, 3.8) is 0 Å². The van der Waals surface area contributed by atoms with Crippen molar-refractivity contribution < 1.29 is 14.1 Å². The second-order valence-electron chi connectivity index (χ2n) is 6.69.